The van der Waals surface area contributed by atoms with Crippen molar-refractivity contribution in [3.63, 3.8) is 0 Å². The van der Waals surface area contributed by atoms with Crippen molar-refractivity contribution in [1.82, 2.24) is 4.31 Å². The van der Waals surface area contributed by atoms with Crippen molar-refractivity contribution in [3.8, 4) is 0 Å². The van der Waals surface area contributed by atoms with Crippen LogP contribution in [-0.2, 0) is 14.8 Å². The SMILES string of the molecule is C[C@@H]1COCCN1S(=O)(=O)c1cccc(N)c1. The monoisotopic (exact) mass is 256 g/mol. The van der Waals surface area contributed by atoms with E-state index in [0.29, 0.717) is 25.4 Å². The molecular weight excluding hydrogens is 240 g/mol. The summed E-state index contributed by atoms with van der Waals surface area (Å²) in [6.07, 6.45) is 0. The lowest BCUT2D eigenvalue weighted by molar-refractivity contribution is 0.0393. The number of rotatable bonds is 2. The van der Waals surface area contributed by atoms with Gasteiger partial charge in [0.1, 0.15) is 0 Å². The van der Waals surface area contributed by atoms with Gasteiger partial charge in [0.15, 0.2) is 0 Å². The Kier molecular flexibility index (Phi) is 3.37. The summed E-state index contributed by atoms with van der Waals surface area (Å²) in [6, 6.07) is 6.22. The molecule has 1 aromatic rings. The van der Waals surface area contributed by atoms with Gasteiger partial charge in [-0.05, 0) is 25.1 Å². The van der Waals surface area contributed by atoms with Crippen molar-refractivity contribution in [2.45, 2.75) is 17.9 Å². The molecule has 17 heavy (non-hydrogen) atoms. The molecule has 0 unspecified atom stereocenters. The van der Waals surface area contributed by atoms with Gasteiger partial charge in [0.2, 0.25) is 10.0 Å². The number of ether oxygens (including phenoxy) is 1. The maximum atomic E-state index is 12.4. The zero-order chi connectivity index (χ0) is 12.5. The highest BCUT2D eigenvalue weighted by Gasteiger charge is 2.31. The molecule has 5 nitrogen and oxygen atoms in total. The molecule has 1 fully saturated rings. The van der Waals surface area contributed by atoms with E-state index in [4.69, 9.17) is 10.5 Å². The Labute approximate surface area is 101 Å². The molecule has 94 valence electrons. The predicted octanol–water partition coefficient (Wildman–Crippen LogP) is 0.678. The fourth-order valence-corrected chi connectivity index (χ4v) is 3.54. The quantitative estimate of drug-likeness (QED) is 0.790. The van der Waals surface area contributed by atoms with Crippen molar-refractivity contribution in [2.75, 3.05) is 25.5 Å². The second-order valence-corrected chi connectivity index (χ2v) is 6.00. The third-order valence-corrected chi connectivity index (χ3v) is 4.78. The number of nitrogens with zero attached hydrogens (tertiary/aromatic N) is 1. The van der Waals surface area contributed by atoms with Crippen LogP contribution in [0.2, 0.25) is 0 Å². The van der Waals surface area contributed by atoms with Crippen molar-refractivity contribution in [3.05, 3.63) is 24.3 Å². The number of morpholine rings is 1. The van der Waals surface area contributed by atoms with E-state index in [-0.39, 0.29) is 10.9 Å². The molecule has 1 atom stereocenters. The van der Waals surface area contributed by atoms with Gasteiger partial charge in [-0.3, -0.25) is 0 Å². The molecule has 1 aliphatic rings. The maximum Gasteiger partial charge on any atom is 0.243 e. The van der Waals surface area contributed by atoms with E-state index < -0.39 is 10.0 Å². The molecule has 0 spiro atoms. The Hall–Kier alpha value is -1.11. The average Bonchev–Trinajstić information content (AvgIpc) is 2.29. The van der Waals surface area contributed by atoms with E-state index in [1.807, 2.05) is 6.92 Å². The van der Waals surface area contributed by atoms with Gasteiger partial charge in [0, 0.05) is 18.3 Å². The highest BCUT2D eigenvalue weighted by molar-refractivity contribution is 7.89. The molecule has 0 saturated carbocycles. The third-order valence-electron chi connectivity index (χ3n) is 2.77. The van der Waals surface area contributed by atoms with Crippen LogP contribution in [0.1, 0.15) is 6.92 Å². The highest BCUT2D eigenvalue weighted by Crippen LogP contribution is 2.21. The van der Waals surface area contributed by atoms with E-state index in [1.165, 1.54) is 10.4 Å². The summed E-state index contributed by atoms with van der Waals surface area (Å²) in [6.45, 7) is 3.09. The number of sulfonamides is 1. The van der Waals surface area contributed by atoms with Gasteiger partial charge >= 0.3 is 0 Å². The number of hydrogen-bond acceptors (Lipinski definition) is 4. The van der Waals surface area contributed by atoms with Crippen LogP contribution in [0.3, 0.4) is 0 Å². The summed E-state index contributed by atoms with van der Waals surface area (Å²) < 4.78 is 31.4. The van der Waals surface area contributed by atoms with E-state index >= 15 is 0 Å². The summed E-state index contributed by atoms with van der Waals surface area (Å²) in [4.78, 5) is 0.242. The largest absolute Gasteiger partial charge is 0.399 e. The minimum absolute atomic E-state index is 0.143. The van der Waals surface area contributed by atoms with Gasteiger partial charge in [-0.1, -0.05) is 6.07 Å². The molecule has 0 amide bonds. The molecule has 1 heterocycles. The molecule has 2 N–H and O–H groups in total. The normalized spacial score (nSPS) is 22.5. The summed E-state index contributed by atoms with van der Waals surface area (Å²) in [5.41, 5.74) is 6.06. The summed E-state index contributed by atoms with van der Waals surface area (Å²) >= 11 is 0. The minimum atomic E-state index is -3.46. The number of nitrogens with two attached hydrogens (primary N) is 1. The van der Waals surface area contributed by atoms with Gasteiger partial charge in [-0.15, -0.1) is 0 Å². The van der Waals surface area contributed by atoms with Crippen LogP contribution in [0.25, 0.3) is 0 Å². The Morgan fingerprint density at radius 2 is 2.24 bits per heavy atom. The van der Waals surface area contributed by atoms with Gasteiger partial charge < -0.3 is 10.5 Å². The van der Waals surface area contributed by atoms with Crippen LogP contribution in [0.4, 0.5) is 5.69 Å². The van der Waals surface area contributed by atoms with Crippen molar-refractivity contribution < 1.29 is 13.2 Å². The first-order valence-electron chi connectivity index (χ1n) is 5.47. The van der Waals surface area contributed by atoms with Crippen molar-refractivity contribution in [1.29, 1.82) is 0 Å². The van der Waals surface area contributed by atoms with E-state index in [2.05, 4.69) is 0 Å². The Morgan fingerprint density at radius 3 is 2.88 bits per heavy atom. The number of nitrogen functional groups attached to an aromatic ring is 1. The van der Waals surface area contributed by atoms with Gasteiger partial charge in [0.05, 0.1) is 18.1 Å². The standard InChI is InChI=1S/C11H16N2O3S/c1-9-8-16-6-5-13(9)17(14,15)11-4-2-3-10(12)7-11/h2-4,7,9H,5-6,8,12H2,1H3/t9-/m1/s1. The van der Waals surface area contributed by atoms with E-state index in [1.54, 1.807) is 18.2 Å². The van der Waals surface area contributed by atoms with Crippen LogP contribution in [0.5, 0.6) is 0 Å². The molecule has 0 bridgehead atoms. The molecule has 0 aliphatic carbocycles. The first-order chi connectivity index (χ1) is 8.01. The van der Waals surface area contributed by atoms with Crippen molar-refractivity contribution in [2.24, 2.45) is 0 Å². The van der Waals surface area contributed by atoms with E-state index in [0.717, 1.165) is 0 Å². The second-order valence-electron chi connectivity index (χ2n) is 4.11. The lowest BCUT2D eigenvalue weighted by Gasteiger charge is -2.32. The van der Waals surface area contributed by atoms with Gasteiger partial charge in [-0.25, -0.2) is 8.42 Å². The predicted molar refractivity (Wildman–Crippen MR) is 65.0 cm³/mol. The van der Waals surface area contributed by atoms with E-state index in [9.17, 15) is 8.42 Å². The maximum absolute atomic E-state index is 12.4. The second kappa shape index (κ2) is 4.64. The van der Waals surface area contributed by atoms with Gasteiger partial charge in [0.25, 0.3) is 0 Å². The Bertz CT molecular complexity index is 501. The fraction of sp³-hybridized carbons (Fsp3) is 0.455. The Morgan fingerprint density at radius 1 is 1.47 bits per heavy atom. The average molecular weight is 256 g/mol. The summed E-state index contributed by atoms with van der Waals surface area (Å²) in [7, 11) is -3.46. The van der Waals surface area contributed by atoms with Crippen molar-refractivity contribution >= 4 is 15.7 Å². The molecular formula is C11H16N2O3S. The Balaban J connectivity index is 2.35. The summed E-state index contributed by atoms with van der Waals surface area (Å²) in [5, 5.41) is 0. The van der Waals surface area contributed by atoms with Crippen LogP contribution >= 0.6 is 0 Å². The minimum Gasteiger partial charge on any atom is -0.399 e. The molecule has 6 heteroatoms. The highest BCUT2D eigenvalue weighted by atomic mass is 32.2. The van der Waals surface area contributed by atoms with Crippen LogP contribution in [0, 0.1) is 0 Å². The lowest BCUT2D eigenvalue weighted by Crippen LogP contribution is -2.46. The first-order valence-corrected chi connectivity index (χ1v) is 6.91. The zero-order valence-electron chi connectivity index (χ0n) is 9.67. The molecule has 0 aromatic heterocycles. The molecule has 2 rings (SSSR count). The number of anilines is 1. The zero-order valence-corrected chi connectivity index (χ0v) is 10.5. The molecule has 1 aliphatic heterocycles. The van der Waals surface area contributed by atoms with Gasteiger partial charge in [-0.2, -0.15) is 4.31 Å². The smallest absolute Gasteiger partial charge is 0.243 e. The molecule has 1 saturated heterocycles. The first kappa shape index (κ1) is 12.3. The molecule has 0 radical (unpaired) electrons. The number of benzene rings is 1. The fourth-order valence-electron chi connectivity index (χ4n) is 1.88. The van der Waals surface area contributed by atoms with Crippen LogP contribution in [-0.4, -0.2) is 38.5 Å². The third kappa shape index (κ3) is 2.43. The summed E-state index contributed by atoms with van der Waals surface area (Å²) in [5.74, 6) is 0. The topological polar surface area (TPSA) is 72.6 Å². The number of hydrogen-bond donors (Lipinski definition) is 1. The van der Waals surface area contributed by atoms with Crippen LogP contribution < -0.4 is 5.73 Å². The lowest BCUT2D eigenvalue weighted by atomic mass is 10.3. The van der Waals surface area contributed by atoms with Crippen LogP contribution in [0.15, 0.2) is 29.2 Å². The molecule has 1 aromatic carbocycles.